The van der Waals surface area contributed by atoms with Gasteiger partial charge in [0, 0.05) is 51.1 Å². The van der Waals surface area contributed by atoms with Crippen LogP contribution >= 0.6 is 70.4 Å². The molecule has 38 heavy (non-hydrogen) atoms. The Morgan fingerprint density at radius 1 is 0.895 bits per heavy atom. The first kappa shape index (κ1) is 30.7. The number of carbonyl (C=O) groups is 1. The van der Waals surface area contributed by atoms with Gasteiger partial charge in [-0.15, -0.1) is 12.4 Å². The third-order valence-corrected chi connectivity index (χ3v) is 7.34. The van der Waals surface area contributed by atoms with E-state index in [1.165, 1.54) is 0 Å². The van der Waals surface area contributed by atoms with E-state index in [1.807, 2.05) is 40.4 Å². The van der Waals surface area contributed by atoms with E-state index in [0.29, 0.717) is 45.4 Å². The van der Waals surface area contributed by atoms with E-state index >= 15 is 0 Å². The Kier molecular flexibility index (Phi) is 11.7. The molecule has 4 rings (SSSR count). The second-order valence-electron chi connectivity index (χ2n) is 8.46. The van der Waals surface area contributed by atoms with Crippen molar-refractivity contribution in [3.8, 4) is 0 Å². The minimum Gasteiger partial charge on any atom is -0.365 e. The molecule has 1 aliphatic rings. The number of nitrogens with zero attached hydrogens (tertiary/aromatic N) is 2. The maximum absolute atomic E-state index is 12.4. The standard InChI is InChI=1S/C27H24Cl5N3O2.ClH/c28-20-4-1-18(2-5-20)26(37-16-19-3-6-22(30)15-24(19)31)27(32)35-14-13-34(17-35)12-11-25(36)33-23-9-7-21(29)8-10-23;/h1-10,13-15,26-27H,11-12,16-17H2,(H,33,36);1H. The van der Waals surface area contributed by atoms with Crippen LogP contribution in [-0.2, 0) is 16.1 Å². The lowest BCUT2D eigenvalue weighted by Crippen LogP contribution is -2.36. The highest BCUT2D eigenvalue weighted by atomic mass is 35.5. The smallest absolute Gasteiger partial charge is 0.226 e. The summed E-state index contributed by atoms with van der Waals surface area (Å²) in [6.45, 7) is 1.29. The molecule has 2 atom stereocenters. The zero-order chi connectivity index (χ0) is 26.4. The largest absolute Gasteiger partial charge is 0.365 e. The summed E-state index contributed by atoms with van der Waals surface area (Å²) in [6.07, 6.45) is 3.65. The van der Waals surface area contributed by atoms with Crippen LogP contribution < -0.4 is 5.32 Å². The van der Waals surface area contributed by atoms with E-state index in [-0.39, 0.29) is 24.9 Å². The van der Waals surface area contributed by atoms with Crippen LogP contribution in [0.4, 0.5) is 5.69 Å². The monoisotopic (exact) mass is 633 g/mol. The Hall–Kier alpha value is -1.83. The molecule has 3 aromatic rings. The van der Waals surface area contributed by atoms with Gasteiger partial charge in [0.1, 0.15) is 11.6 Å². The second kappa shape index (κ2) is 14.5. The number of alkyl halides is 1. The molecule has 0 aliphatic carbocycles. The summed E-state index contributed by atoms with van der Waals surface area (Å²) in [4.78, 5) is 16.4. The molecule has 1 aliphatic heterocycles. The fraction of sp³-hybridized carbons (Fsp3) is 0.222. The summed E-state index contributed by atoms with van der Waals surface area (Å²) in [6, 6.07) is 19.7. The molecule has 0 fully saturated rings. The van der Waals surface area contributed by atoms with Gasteiger partial charge in [0.25, 0.3) is 0 Å². The van der Waals surface area contributed by atoms with Crippen molar-refractivity contribution >= 4 is 82.0 Å². The lowest BCUT2D eigenvalue weighted by Gasteiger charge is -2.31. The lowest BCUT2D eigenvalue weighted by molar-refractivity contribution is -0.116. The normalized spacial score (nSPS) is 14.2. The highest BCUT2D eigenvalue weighted by molar-refractivity contribution is 6.35. The predicted octanol–water partition coefficient (Wildman–Crippen LogP) is 8.62. The second-order valence-corrected chi connectivity index (χ2v) is 10.6. The maximum Gasteiger partial charge on any atom is 0.226 e. The van der Waals surface area contributed by atoms with Crippen molar-refractivity contribution in [1.82, 2.24) is 9.80 Å². The molecular weight excluding hydrogens is 611 g/mol. The van der Waals surface area contributed by atoms with Crippen molar-refractivity contribution in [2.45, 2.75) is 24.6 Å². The van der Waals surface area contributed by atoms with E-state index < -0.39 is 11.6 Å². The minimum absolute atomic E-state index is 0. The van der Waals surface area contributed by atoms with Crippen LogP contribution in [0.5, 0.6) is 0 Å². The average Bonchev–Trinajstić information content (AvgIpc) is 3.35. The topological polar surface area (TPSA) is 44.8 Å². The first-order valence-corrected chi connectivity index (χ1v) is 13.4. The number of hydrogen-bond acceptors (Lipinski definition) is 4. The summed E-state index contributed by atoms with van der Waals surface area (Å²) >= 11 is 31.3. The Morgan fingerprint density at radius 3 is 2.18 bits per heavy atom. The van der Waals surface area contributed by atoms with Gasteiger partial charge < -0.3 is 19.9 Å². The summed E-state index contributed by atoms with van der Waals surface area (Å²) in [5, 5.41) is 5.20. The zero-order valence-electron chi connectivity index (χ0n) is 20.0. The molecule has 1 N–H and O–H groups in total. The van der Waals surface area contributed by atoms with E-state index in [2.05, 4.69) is 5.32 Å². The summed E-state index contributed by atoms with van der Waals surface area (Å²) in [5.74, 6) is -0.0844. The number of anilines is 1. The third kappa shape index (κ3) is 8.59. The van der Waals surface area contributed by atoms with E-state index in [4.69, 9.17) is 62.7 Å². The van der Waals surface area contributed by atoms with Gasteiger partial charge in [0.15, 0.2) is 0 Å². The third-order valence-electron chi connectivity index (χ3n) is 5.77. The van der Waals surface area contributed by atoms with Gasteiger partial charge in [-0.3, -0.25) is 4.79 Å². The van der Waals surface area contributed by atoms with Crippen LogP contribution in [0.1, 0.15) is 23.7 Å². The van der Waals surface area contributed by atoms with Gasteiger partial charge in [-0.05, 0) is 59.7 Å². The summed E-state index contributed by atoms with van der Waals surface area (Å²) < 4.78 is 6.29. The summed E-state index contributed by atoms with van der Waals surface area (Å²) in [7, 11) is 0. The highest BCUT2D eigenvalue weighted by Crippen LogP contribution is 2.33. The molecule has 5 nitrogen and oxygen atoms in total. The molecule has 1 heterocycles. The van der Waals surface area contributed by atoms with Crippen molar-refractivity contribution in [1.29, 1.82) is 0 Å². The zero-order valence-corrected chi connectivity index (χ0v) is 24.6. The number of benzene rings is 3. The molecule has 0 saturated carbocycles. The highest BCUT2D eigenvalue weighted by Gasteiger charge is 2.29. The molecule has 202 valence electrons. The molecule has 3 aromatic carbocycles. The molecule has 0 radical (unpaired) electrons. The fourth-order valence-corrected chi connectivity index (χ4v) is 4.83. The first-order chi connectivity index (χ1) is 17.8. The van der Waals surface area contributed by atoms with E-state index in [9.17, 15) is 4.79 Å². The average molecular weight is 636 g/mol. The van der Waals surface area contributed by atoms with Crippen molar-refractivity contribution in [3.63, 3.8) is 0 Å². The van der Waals surface area contributed by atoms with Gasteiger partial charge in [-0.25, -0.2) is 0 Å². The number of ether oxygens (including phenoxy) is 1. The number of amides is 1. The molecule has 0 saturated heterocycles. The number of hydrogen-bond donors (Lipinski definition) is 1. The van der Waals surface area contributed by atoms with Crippen LogP contribution in [0.2, 0.25) is 20.1 Å². The fourth-order valence-electron chi connectivity index (χ4n) is 3.77. The number of nitrogens with one attached hydrogen (secondary N) is 1. The maximum atomic E-state index is 12.4. The first-order valence-electron chi connectivity index (χ1n) is 11.5. The van der Waals surface area contributed by atoms with Crippen LogP contribution in [0.3, 0.4) is 0 Å². The van der Waals surface area contributed by atoms with E-state index in [1.54, 1.807) is 48.5 Å². The minimum atomic E-state index is -0.531. The SMILES string of the molecule is Cl.O=C(CCN1C=CN(C(Cl)C(OCc2ccc(Cl)cc2Cl)c2ccc(Cl)cc2)C1)Nc1ccc(Cl)cc1. The molecule has 11 heteroatoms. The Bertz CT molecular complexity index is 1240. The number of rotatable bonds is 10. The van der Waals surface area contributed by atoms with Gasteiger partial charge >= 0.3 is 0 Å². The van der Waals surface area contributed by atoms with Crippen LogP contribution in [0.25, 0.3) is 0 Å². The van der Waals surface area contributed by atoms with Crippen LogP contribution in [-0.4, -0.2) is 34.4 Å². The van der Waals surface area contributed by atoms with Crippen molar-refractivity contribution in [3.05, 3.63) is 110 Å². The predicted molar refractivity (Wildman–Crippen MR) is 160 cm³/mol. The van der Waals surface area contributed by atoms with Crippen molar-refractivity contribution in [2.24, 2.45) is 0 Å². The molecule has 2 unspecified atom stereocenters. The molecule has 0 aromatic heterocycles. The number of halogens is 6. The van der Waals surface area contributed by atoms with Gasteiger partial charge in [0.2, 0.25) is 5.91 Å². The van der Waals surface area contributed by atoms with Crippen LogP contribution in [0.15, 0.2) is 79.1 Å². The van der Waals surface area contributed by atoms with Crippen molar-refractivity contribution in [2.75, 3.05) is 18.5 Å². The van der Waals surface area contributed by atoms with Gasteiger partial charge in [0.05, 0.1) is 13.3 Å². The quantitative estimate of drug-likeness (QED) is 0.179. The molecule has 1 amide bonds. The lowest BCUT2D eigenvalue weighted by atomic mass is 10.1. The van der Waals surface area contributed by atoms with Gasteiger partial charge in [-0.2, -0.15) is 0 Å². The molecular formula is C27H25Cl6N3O2. The van der Waals surface area contributed by atoms with E-state index in [0.717, 1.165) is 11.1 Å². The van der Waals surface area contributed by atoms with Gasteiger partial charge in [-0.1, -0.05) is 76.2 Å². The van der Waals surface area contributed by atoms with Crippen molar-refractivity contribution < 1.29 is 9.53 Å². The Morgan fingerprint density at radius 2 is 1.53 bits per heavy atom. The molecule has 0 bridgehead atoms. The van der Waals surface area contributed by atoms with Crippen LogP contribution in [0, 0.1) is 0 Å². The summed E-state index contributed by atoms with van der Waals surface area (Å²) in [5.41, 5.74) is 1.86. The Balaban J connectivity index is 0.00000400. The number of carbonyl (C=O) groups excluding carboxylic acids is 1. The molecule has 0 spiro atoms. The Labute approximate surface area is 253 Å².